The minimum absolute atomic E-state index is 0.117. The number of rotatable bonds is 6. The second-order valence-electron chi connectivity index (χ2n) is 6.35. The number of nitrogens with one attached hydrogen (secondary N) is 2. The summed E-state index contributed by atoms with van der Waals surface area (Å²) >= 11 is 0. The molecule has 2 amide bonds. The molecule has 136 valence electrons. The molecule has 9 heteroatoms. The number of benzene rings is 1. The summed E-state index contributed by atoms with van der Waals surface area (Å²) in [6.45, 7) is 3.72. The van der Waals surface area contributed by atoms with Crippen molar-refractivity contribution in [2.75, 3.05) is 18.0 Å². The summed E-state index contributed by atoms with van der Waals surface area (Å²) in [5, 5.41) is 6.18. The van der Waals surface area contributed by atoms with Crippen molar-refractivity contribution in [2.24, 2.45) is 16.8 Å². The van der Waals surface area contributed by atoms with Gasteiger partial charge in [0.15, 0.2) is 0 Å². The van der Waals surface area contributed by atoms with Crippen molar-refractivity contribution in [1.29, 1.82) is 0 Å². The fourth-order valence-corrected chi connectivity index (χ4v) is 2.82. The molecule has 0 aliphatic carbocycles. The van der Waals surface area contributed by atoms with Crippen LogP contribution in [0.5, 0.6) is 0 Å². The number of fused-ring (bicyclic) bond motifs is 1. The molecule has 0 saturated heterocycles. The summed E-state index contributed by atoms with van der Waals surface area (Å²) in [4.78, 5) is 26.1. The van der Waals surface area contributed by atoms with Crippen LogP contribution in [0.15, 0.2) is 23.3 Å². The highest BCUT2D eigenvalue weighted by molar-refractivity contribution is 6.10. The third kappa shape index (κ3) is 3.87. The van der Waals surface area contributed by atoms with E-state index in [4.69, 9.17) is 11.7 Å². The third-order valence-corrected chi connectivity index (χ3v) is 4.24. The lowest BCUT2D eigenvalue weighted by molar-refractivity contribution is -0.125. The number of carbonyl (C=O) groups excluding carboxylic acids is 2. The summed E-state index contributed by atoms with van der Waals surface area (Å²) in [6, 6.07) is 4.16. The monoisotopic (exact) mass is 350 g/mol. The Morgan fingerprint density at radius 1 is 1.40 bits per heavy atom. The largest absolute Gasteiger partial charge is 0.355 e. The van der Waals surface area contributed by atoms with Gasteiger partial charge in [-0.1, -0.05) is 0 Å². The Morgan fingerprint density at radius 3 is 2.76 bits per heavy atom. The third-order valence-electron chi connectivity index (χ3n) is 4.24. The number of hydrazine groups is 1. The maximum atomic E-state index is 13.5. The van der Waals surface area contributed by atoms with E-state index in [2.05, 4.69) is 15.8 Å². The van der Waals surface area contributed by atoms with Crippen molar-refractivity contribution < 1.29 is 14.0 Å². The van der Waals surface area contributed by atoms with Crippen LogP contribution >= 0.6 is 0 Å². The van der Waals surface area contributed by atoms with Crippen molar-refractivity contribution >= 4 is 23.3 Å². The molecule has 1 aliphatic heterocycles. The van der Waals surface area contributed by atoms with Crippen LogP contribution in [0.3, 0.4) is 0 Å². The molecule has 8 nitrogen and oxygen atoms in total. The van der Waals surface area contributed by atoms with E-state index in [1.165, 1.54) is 23.1 Å². The van der Waals surface area contributed by atoms with Crippen LogP contribution in [0.4, 0.5) is 10.1 Å². The lowest BCUT2D eigenvalue weighted by Gasteiger charge is -2.20. The molecule has 6 N–H and O–H groups in total. The number of carbonyl (C=O) groups is 2. The topological polar surface area (TPSA) is 126 Å². The van der Waals surface area contributed by atoms with Crippen molar-refractivity contribution in [3.05, 3.63) is 29.6 Å². The van der Waals surface area contributed by atoms with Crippen LogP contribution in [-0.4, -0.2) is 30.7 Å². The SMILES string of the molecule is CC1(C)C(=O)N(CC(=O)NCCC/C(=N/N)NN)c2ccc(F)cc21. The maximum Gasteiger partial charge on any atom is 0.240 e. The van der Waals surface area contributed by atoms with Crippen LogP contribution < -0.4 is 27.3 Å². The quantitative estimate of drug-likeness (QED) is 0.190. The summed E-state index contributed by atoms with van der Waals surface area (Å²) in [5.74, 6) is 9.83. The second kappa shape index (κ2) is 7.47. The molecule has 0 atom stereocenters. The van der Waals surface area contributed by atoms with Gasteiger partial charge < -0.3 is 21.5 Å². The van der Waals surface area contributed by atoms with Gasteiger partial charge in [0.25, 0.3) is 0 Å². The summed E-state index contributed by atoms with van der Waals surface area (Å²) < 4.78 is 13.5. The normalized spacial score (nSPS) is 15.9. The summed E-state index contributed by atoms with van der Waals surface area (Å²) in [6.07, 6.45) is 1.08. The minimum atomic E-state index is -0.864. The van der Waals surface area contributed by atoms with Crippen molar-refractivity contribution in [3.63, 3.8) is 0 Å². The number of amidine groups is 1. The molecule has 0 radical (unpaired) electrons. The zero-order valence-electron chi connectivity index (χ0n) is 14.3. The van der Waals surface area contributed by atoms with Crippen LogP contribution in [0.1, 0.15) is 32.3 Å². The lowest BCUT2D eigenvalue weighted by atomic mass is 9.86. The first kappa shape index (κ1) is 18.7. The number of anilines is 1. The van der Waals surface area contributed by atoms with E-state index >= 15 is 0 Å². The van der Waals surface area contributed by atoms with Crippen LogP contribution in [0, 0.1) is 5.82 Å². The van der Waals surface area contributed by atoms with Crippen LogP contribution in [0.25, 0.3) is 0 Å². The Kier molecular flexibility index (Phi) is 5.58. The zero-order chi connectivity index (χ0) is 18.6. The molecule has 25 heavy (non-hydrogen) atoms. The molecule has 0 saturated carbocycles. The van der Waals surface area contributed by atoms with Gasteiger partial charge in [0.1, 0.15) is 18.2 Å². The van der Waals surface area contributed by atoms with Gasteiger partial charge in [-0.2, -0.15) is 5.10 Å². The number of amides is 2. The minimum Gasteiger partial charge on any atom is -0.355 e. The first-order chi connectivity index (χ1) is 11.8. The van der Waals surface area contributed by atoms with Crippen molar-refractivity contribution in [2.45, 2.75) is 32.1 Å². The number of hydrogen-bond acceptors (Lipinski definition) is 5. The molecular weight excluding hydrogens is 327 g/mol. The first-order valence-corrected chi connectivity index (χ1v) is 7.93. The molecule has 0 aromatic heterocycles. The van der Waals surface area contributed by atoms with Gasteiger partial charge in [-0.25, -0.2) is 10.2 Å². The highest BCUT2D eigenvalue weighted by atomic mass is 19.1. The zero-order valence-corrected chi connectivity index (χ0v) is 14.3. The smallest absolute Gasteiger partial charge is 0.240 e. The average molecular weight is 350 g/mol. The Labute approximate surface area is 145 Å². The van der Waals surface area contributed by atoms with Crippen molar-refractivity contribution in [3.8, 4) is 0 Å². The molecule has 1 aromatic rings. The molecule has 1 heterocycles. The molecule has 2 rings (SSSR count). The number of hydrogen-bond donors (Lipinski definition) is 4. The van der Waals surface area contributed by atoms with Gasteiger partial charge >= 0.3 is 0 Å². The van der Waals surface area contributed by atoms with Crippen molar-refractivity contribution in [1.82, 2.24) is 10.7 Å². The number of halogens is 1. The second-order valence-corrected chi connectivity index (χ2v) is 6.35. The Bertz CT molecular complexity index is 704. The number of hydrazone groups is 1. The number of nitrogens with zero attached hydrogens (tertiary/aromatic N) is 2. The number of nitrogens with two attached hydrogens (primary N) is 2. The van der Waals surface area contributed by atoms with Gasteiger partial charge in [-0.15, -0.1) is 0 Å². The summed E-state index contributed by atoms with van der Waals surface area (Å²) in [5.41, 5.74) is 2.65. The van der Waals surface area contributed by atoms with E-state index in [0.717, 1.165) is 0 Å². The highest BCUT2D eigenvalue weighted by Crippen LogP contribution is 2.41. The van der Waals surface area contributed by atoms with E-state index in [1.54, 1.807) is 13.8 Å². The molecule has 1 aromatic carbocycles. The van der Waals surface area contributed by atoms with Gasteiger partial charge in [-0.05, 0) is 44.0 Å². The molecule has 0 bridgehead atoms. The van der Waals surface area contributed by atoms with E-state index < -0.39 is 11.2 Å². The standard InChI is InChI=1S/C16H23FN6O2/c1-16(2)11-8-10(17)5-6-12(11)23(15(16)25)9-14(24)20-7-3-4-13(21-18)22-19/h5-6,8H,3-4,7,9,18-19H2,1-2H3,(H,20,24)(H,21,22). The predicted molar refractivity (Wildman–Crippen MR) is 93.0 cm³/mol. The summed E-state index contributed by atoms with van der Waals surface area (Å²) in [7, 11) is 0. The lowest BCUT2D eigenvalue weighted by Crippen LogP contribution is -2.43. The highest BCUT2D eigenvalue weighted by Gasteiger charge is 2.44. The first-order valence-electron chi connectivity index (χ1n) is 7.93. The van der Waals surface area contributed by atoms with E-state index in [1.807, 2.05) is 0 Å². The van der Waals surface area contributed by atoms with Gasteiger partial charge in [0.2, 0.25) is 11.8 Å². The Morgan fingerprint density at radius 2 is 2.12 bits per heavy atom. The van der Waals surface area contributed by atoms with E-state index in [9.17, 15) is 14.0 Å². The predicted octanol–water partition coefficient (Wildman–Crippen LogP) is 0.0818. The van der Waals surface area contributed by atoms with Gasteiger partial charge in [-0.3, -0.25) is 9.59 Å². The molecule has 1 aliphatic rings. The van der Waals surface area contributed by atoms with E-state index in [0.29, 0.717) is 36.5 Å². The molecular formula is C16H23FN6O2. The molecule has 0 spiro atoms. The average Bonchev–Trinajstić information content (AvgIpc) is 2.76. The molecule has 0 unspecified atom stereocenters. The van der Waals surface area contributed by atoms with E-state index in [-0.39, 0.29) is 18.4 Å². The fraction of sp³-hybridized carbons (Fsp3) is 0.438. The maximum absolute atomic E-state index is 13.5. The van der Waals surface area contributed by atoms with Gasteiger partial charge in [0.05, 0.1) is 5.41 Å². The van der Waals surface area contributed by atoms with Crippen LogP contribution in [-0.2, 0) is 15.0 Å². The Hall–Kier alpha value is -2.68. The molecule has 0 fully saturated rings. The Balaban J connectivity index is 1.97. The fourth-order valence-electron chi connectivity index (χ4n) is 2.82. The van der Waals surface area contributed by atoms with Crippen LogP contribution in [0.2, 0.25) is 0 Å². The van der Waals surface area contributed by atoms with Gasteiger partial charge in [0, 0.05) is 18.7 Å².